The van der Waals surface area contributed by atoms with Crippen molar-refractivity contribution in [1.82, 2.24) is 10.3 Å². The lowest BCUT2D eigenvalue weighted by molar-refractivity contribution is 0.468. The maximum atomic E-state index is 13.2. The molecule has 0 fully saturated rings. The fraction of sp³-hybridized carbons (Fsp3) is 0.214. The Labute approximate surface area is 119 Å². The zero-order valence-corrected chi connectivity index (χ0v) is 12.1. The molecule has 2 rings (SSSR count). The van der Waals surface area contributed by atoms with Crippen molar-refractivity contribution in [2.45, 2.75) is 13.5 Å². The van der Waals surface area contributed by atoms with Gasteiger partial charge in [-0.15, -0.1) is 0 Å². The Morgan fingerprint density at radius 3 is 2.95 bits per heavy atom. The van der Waals surface area contributed by atoms with Gasteiger partial charge in [-0.2, -0.15) is 0 Å². The molecule has 0 radical (unpaired) electrons. The van der Waals surface area contributed by atoms with Crippen molar-refractivity contribution in [2.24, 2.45) is 0 Å². The van der Waals surface area contributed by atoms with E-state index in [9.17, 15) is 4.39 Å². The van der Waals surface area contributed by atoms with Crippen molar-refractivity contribution in [2.75, 3.05) is 6.54 Å². The first kappa shape index (κ1) is 14.0. The van der Waals surface area contributed by atoms with E-state index in [-0.39, 0.29) is 5.82 Å². The van der Waals surface area contributed by atoms with Gasteiger partial charge in [0.05, 0.1) is 10.7 Å². The standard InChI is InChI=1S/C14H14BrFN2O/c1-2-17-8-10-5-6-18-9-14(10)19-11-3-4-13(16)12(15)7-11/h3-7,9,17H,2,8H2,1H3. The Morgan fingerprint density at radius 1 is 1.37 bits per heavy atom. The minimum Gasteiger partial charge on any atom is -0.455 e. The predicted molar refractivity (Wildman–Crippen MR) is 75.8 cm³/mol. The number of hydrogen-bond acceptors (Lipinski definition) is 3. The number of benzene rings is 1. The smallest absolute Gasteiger partial charge is 0.150 e. The quantitative estimate of drug-likeness (QED) is 0.906. The molecule has 19 heavy (non-hydrogen) atoms. The minimum atomic E-state index is -0.314. The summed E-state index contributed by atoms with van der Waals surface area (Å²) in [5.41, 5.74) is 1.01. The average Bonchev–Trinajstić information content (AvgIpc) is 2.42. The molecule has 0 bridgehead atoms. The van der Waals surface area contributed by atoms with E-state index in [1.54, 1.807) is 24.5 Å². The van der Waals surface area contributed by atoms with Crippen LogP contribution in [-0.2, 0) is 6.54 Å². The molecule has 1 aromatic heterocycles. The van der Waals surface area contributed by atoms with Crippen LogP contribution in [0.25, 0.3) is 0 Å². The molecule has 100 valence electrons. The number of ether oxygens (including phenoxy) is 1. The molecule has 1 N–H and O–H groups in total. The molecule has 0 saturated heterocycles. The van der Waals surface area contributed by atoms with Crippen LogP contribution in [0.2, 0.25) is 0 Å². The molecule has 0 aliphatic rings. The molecule has 0 aliphatic carbocycles. The van der Waals surface area contributed by atoms with Crippen LogP contribution in [0.15, 0.2) is 41.1 Å². The number of nitrogens with zero attached hydrogens (tertiary/aromatic N) is 1. The topological polar surface area (TPSA) is 34.2 Å². The Bertz CT molecular complexity index is 563. The number of aromatic nitrogens is 1. The van der Waals surface area contributed by atoms with Crippen molar-refractivity contribution in [1.29, 1.82) is 0 Å². The largest absolute Gasteiger partial charge is 0.455 e. The maximum absolute atomic E-state index is 13.2. The Morgan fingerprint density at radius 2 is 2.21 bits per heavy atom. The first-order valence-electron chi connectivity index (χ1n) is 5.97. The minimum absolute atomic E-state index is 0.314. The van der Waals surface area contributed by atoms with Gasteiger partial charge in [0.2, 0.25) is 0 Å². The second kappa shape index (κ2) is 6.63. The van der Waals surface area contributed by atoms with Gasteiger partial charge in [-0.1, -0.05) is 6.92 Å². The summed E-state index contributed by atoms with van der Waals surface area (Å²) < 4.78 is 19.3. The van der Waals surface area contributed by atoms with Gasteiger partial charge in [0.25, 0.3) is 0 Å². The van der Waals surface area contributed by atoms with Gasteiger partial charge in [-0.25, -0.2) is 4.39 Å². The highest BCUT2D eigenvalue weighted by Crippen LogP contribution is 2.28. The summed E-state index contributed by atoms with van der Waals surface area (Å²) in [6.45, 7) is 3.62. The molecule has 3 nitrogen and oxygen atoms in total. The van der Waals surface area contributed by atoms with Crippen LogP contribution in [0.4, 0.5) is 4.39 Å². The summed E-state index contributed by atoms with van der Waals surface area (Å²) in [5, 5.41) is 3.23. The van der Waals surface area contributed by atoms with E-state index in [4.69, 9.17) is 4.74 Å². The van der Waals surface area contributed by atoms with E-state index in [2.05, 4.69) is 26.2 Å². The molecule has 0 saturated carbocycles. The first-order chi connectivity index (χ1) is 9.20. The van der Waals surface area contributed by atoms with Gasteiger partial charge in [-0.3, -0.25) is 4.98 Å². The summed E-state index contributed by atoms with van der Waals surface area (Å²) >= 11 is 3.14. The third-order valence-corrected chi connectivity index (χ3v) is 3.16. The monoisotopic (exact) mass is 324 g/mol. The third kappa shape index (κ3) is 3.75. The third-order valence-electron chi connectivity index (χ3n) is 2.55. The molecule has 0 amide bonds. The van der Waals surface area contributed by atoms with Crippen LogP contribution in [0.3, 0.4) is 0 Å². The summed E-state index contributed by atoms with van der Waals surface area (Å²) in [6.07, 6.45) is 3.38. The number of hydrogen-bond donors (Lipinski definition) is 1. The second-order valence-corrected chi connectivity index (χ2v) is 4.80. The summed E-state index contributed by atoms with van der Waals surface area (Å²) in [5.74, 6) is 0.924. The highest BCUT2D eigenvalue weighted by Gasteiger charge is 2.06. The van der Waals surface area contributed by atoms with Crippen molar-refractivity contribution in [3.8, 4) is 11.5 Å². The molecule has 0 spiro atoms. The fourth-order valence-electron chi connectivity index (χ4n) is 1.57. The van der Waals surface area contributed by atoms with Crippen LogP contribution in [0.1, 0.15) is 12.5 Å². The zero-order valence-electron chi connectivity index (χ0n) is 10.5. The lowest BCUT2D eigenvalue weighted by atomic mass is 10.2. The number of pyridine rings is 1. The van der Waals surface area contributed by atoms with E-state index in [0.717, 1.165) is 12.1 Å². The molecule has 2 aromatic rings. The van der Waals surface area contributed by atoms with Crippen LogP contribution < -0.4 is 10.1 Å². The highest BCUT2D eigenvalue weighted by molar-refractivity contribution is 9.10. The molecule has 0 unspecified atom stereocenters. The number of halogens is 2. The Balaban J connectivity index is 2.20. The molecule has 0 atom stereocenters. The van der Waals surface area contributed by atoms with Crippen LogP contribution in [0, 0.1) is 5.82 Å². The van der Waals surface area contributed by atoms with Crippen molar-refractivity contribution in [3.63, 3.8) is 0 Å². The zero-order chi connectivity index (χ0) is 13.7. The van der Waals surface area contributed by atoms with E-state index >= 15 is 0 Å². The Hall–Kier alpha value is -1.46. The van der Waals surface area contributed by atoms with E-state index in [0.29, 0.717) is 22.5 Å². The van der Waals surface area contributed by atoms with Crippen molar-refractivity contribution < 1.29 is 9.13 Å². The van der Waals surface area contributed by atoms with Crippen LogP contribution >= 0.6 is 15.9 Å². The van der Waals surface area contributed by atoms with Crippen LogP contribution in [0.5, 0.6) is 11.5 Å². The average molecular weight is 325 g/mol. The highest BCUT2D eigenvalue weighted by atomic mass is 79.9. The second-order valence-electron chi connectivity index (χ2n) is 3.94. The van der Waals surface area contributed by atoms with Gasteiger partial charge in [0.1, 0.15) is 17.3 Å². The van der Waals surface area contributed by atoms with Crippen molar-refractivity contribution >= 4 is 15.9 Å². The molecule has 0 aliphatic heterocycles. The Kier molecular flexibility index (Phi) is 4.87. The van der Waals surface area contributed by atoms with Gasteiger partial charge in [0, 0.05) is 18.3 Å². The number of nitrogens with one attached hydrogen (secondary N) is 1. The molecular formula is C14H14BrFN2O. The SMILES string of the molecule is CCNCc1ccncc1Oc1ccc(F)c(Br)c1. The molecule has 1 aromatic carbocycles. The van der Waals surface area contributed by atoms with E-state index < -0.39 is 0 Å². The fourth-order valence-corrected chi connectivity index (χ4v) is 1.93. The lowest BCUT2D eigenvalue weighted by Crippen LogP contribution is -2.12. The molecular weight excluding hydrogens is 311 g/mol. The van der Waals surface area contributed by atoms with Gasteiger partial charge >= 0.3 is 0 Å². The van der Waals surface area contributed by atoms with Crippen LogP contribution in [-0.4, -0.2) is 11.5 Å². The van der Waals surface area contributed by atoms with Crippen molar-refractivity contribution in [3.05, 3.63) is 52.5 Å². The predicted octanol–water partition coefficient (Wildman–Crippen LogP) is 3.89. The summed E-state index contributed by atoms with van der Waals surface area (Å²) in [7, 11) is 0. The lowest BCUT2D eigenvalue weighted by Gasteiger charge is -2.11. The van der Waals surface area contributed by atoms with Gasteiger partial charge in [-0.05, 0) is 46.7 Å². The van der Waals surface area contributed by atoms with Gasteiger partial charge < -0.3 is 10.1 Å². The van der Waals surface area contributed by atoms with E-state index in [1.807, 2.05) is 13.0 Å². The maximum Gasteiger partial charge on any atom is 0.150 e. The number of rotatable bonds is 5. The summed E-state index contributed by atoms with van der Waals surface area (Å²) in [6, 6.07) is 6.44. The molecule has 5 heteroatoms. The van der Waals surface area contributed by atoms with E-state index in [1.165, 1.54) is 6.07 Å². The normalized spacial score (nSPS) is 10.5. The van der Waals surface area contributed by atoms with Gasteiger partial charge in [0.15, 0.2) is 0 Å². The molecule has 1 heterocycles. The summed E-state index contributed by atoms with van der Waals surface area (Å²) in [4.78, 5) is 4.05. The first-order valence-corrected chi connectivity index (χ1v) is 6.76.